The minimum absolute atomic E-state index is 0.231. The fourth-order valence-corrected chi connectivity index (χ4v) is 1.63. The summed E-state index contributed by atoms with van der Waals surface area (Å²) in [7, 11) is 0. The molecule has 0 spiro atoms. The van der Waals surface area contributed by atoms with Crippen molar-refractivity contribution in [3.63, 3.8) is 0 Å². The first kappa shape index (κ1) is 13.8. The number of hydrogen-bond donors (Lipinski definition) is 0. The predicted octanol–water partition coefficient (Wildman–Crippen LogP) is 3.69. The van der Waals surface area contributed by atoms with Gasteiger partial charge in [-0.1, -0.05) is 26.0 Å². The van der Waals surface area contributed by atoms with Crippen molar-refractivity contribution in [1.29, 1.82) is 0 Å². The summed E-state index contributed by atoms with van der Waals surface area (Å²) in [5.41, 5.74) is 2.13. The largest absolute Gasteiger partial charge is 0.493 e. The van der Waals surface area contributed by atoms with Gasteiger partial charge < -0.3 is 9.53 Å². The van der Waals surface area contributed by atoms with Crippen molar-refractivity contribution in [2.45, 2.75) is 40.5 Å². The van der Waals surface area contributed by atoms with Crippen molar-refractivity contribution in [3.05, 3.63) is 29.3 Å². The molecule has 1 aromatic carbocycles. The molecule has 0 bridgehead atoms. The van der Waals surface area contributed by atoms with Crippen LogP contribution in [0.5, 0.6) is 5.75 Å². The fourth-order valence-electron chi connectivity index (χ4n) is 1.63. The van der Waals surface area contributed by atoms with Crippen LogP contribution in [0.4, 0.5) is 0 Å². The highest BCUT2D eigenvalue weighted by atomic mass is 16.5. The maximum Gasteiger partial charge on any atom is 0.125 e. The molecule has 2 heteroatoms. The average Bonchev–Trinajstić information content (AvgIpc) is 2.29. The number of aryl methyl sites for hydroxylation is 2. The van der Waals surface area contributed by atoms with Gasteiger partial charge in [0.2, 0.25) is 0 Å². The van der Waals surface area contributed by atoms with Gasteiger partial charge in [-0.3, -0.25) is 0 Å². The maximum absolute atomic E-state index is 10.7. The van der Waals surface area contributed by atoms with E-state index in [1.165, 1.54) is 5.56 Å². The summed E-state index contributed by atoms with van der Waals surface area (Å²) in [6, 6.07) is 6.21. The zero-order chi connectivity index (χ0) is 12.9. The Morgan fingerprint density at radius 2 is 2.00 bits per heavy atom. The molecule has 2 nitrogen and oxygen atoms in total. The van der Waals surface area contributed by atoms with Crippen LogP contribution >= 0.6 is 0 Å². The van der Waals surface area contributed by atoms with Crippen LogP contribution in [0.25, 0.3) is 0 Å². The van der Waals surface area contributed by atoms with E-state index in [9.17, 15) is 4.79 Å². The Kier molecular flexibility index (Phi) is 4.73. The molecule has 0 aliphatic carbocycles. The van der Waals surface area contributed by atoms with Gasteiger partial charge >= 0.3 is 0 Å². The van der Waals surface area contributed by atoms with Gasteiger partial charge in [0.1, 0.15) is 12.0 Å². The van der Waals surface area contributed by atoms with Gasteiger partial charge in [-0.15, -0.1) is 0 Å². The van der Waals surface area contributed by atoms with E-state index < -0.39 is 0 Å². The topological polar surface area (TPSA) is 26.3 Å². The number of ether oxygens (including phenoxy) is 1. The Bertz CT molecular complexity index is 381. The Hall–Kier alpha value is -1.31. The summed E-state index contributed by atoms with van der Waals surface area (Å²) in [6.45, 7) is 8.68. The van der Waals surface area contributed by atoms with Crippen molar-refractivity contribution in [1.82, 2.24) is 0 Å². The zero-order valence-electron chi connectivity index (χ0n) is 11.2. The summed E-state index contributed by atoms with van der Waals surface area (Å²) in [5.74, 6) is 0.953. The van der Waals surface area contributed by atoms with E-state index in [4.69, 9.17) is 4.74 Å². The predicted molar refractivity (Wildman–Crippen MR) is 70.5 cm³/mol. The number of carbonyl (C=O) groups excluding carboxylic acids is 1. The van der Waals surface area contributed by atoms with Crippen LogP contribution in [0.2, 0.25) is 0 Å². The van der Waals surface area contributed by atoms with Crippen molar-refractivity contribution < 1.29 is 9.53 Å². The van der Waals surface area contributed by atoms with Crippen LogP contribution in [0.3, 0.4) is 0 Å². The van der Waals surface area contributed by atoms with Crippen LogP contribution < -0.4 is 4.74 Å². The van der Waals surface area contributed by atoms with Gasteiger partial charge in [0.05, 0.1) is 6.61 Å². The number of rotatable bonds is 6. The zero-order valence-corrected chi connectivity index (χ0v) is 11.2. The number of hydrogen-bond acceptors (Lipinski definition) is 2. The second kappa shape index (κ2) is 5.85. The Morgan fingerprint density at radius 1 is 1.29 bits per heavy atom. The quantitative estimate of drug-likeness (QED) is 0.554. The molecule has 0 radical (unpaired) electrons. The molecule has 0 aliphatic rings. The molecule has 0 saturated carbocycles. The molecule has 1 rings (SSSR count). The molecule has 94 valence electrons. The molecule has 0 unspecified atom stereocenters. The summed E-state index contributed by atoms with van der Waals surface area (Å²) in [6.07, 6.45) is 2.78. The van der Waals surface area contributed by atoms with E-state index in [0.717, 1.165) is 30.4 Å². The monoisotopic (exact) mass is 234 g/mol. The second-order valence-corrected chi connectivity index (χ2v) is 5.33. The van der Waals surface area contributed by atoms with E-state index in [1.54, 1.807) is 0 Å². The van der Waals surface area contributed by atoms with Crippen LogP contribution in [0.1, 0.15) is 37.8 Å². The van der Waals surface area contributed by atoms with Crippen LogP contribution in [-0.4, -0.2) is 12.9 Å². The molecule has 0 heterocycles. The molecule has 0 saturated heterocycles. The van der Waals surface area contributed by atoms with Gasteiger partial charge in [-0.05, 0) is 43.9 Å². The van der Waals surface area contributed by atoms with Gasteiger partial charge in [-0.25, -0.2) is 0 Å². The van der Waals surface area contributed by atoms with Gasteiger partial charge in [0.15, 0.2) is 0 Å². The van der Waals surface area contributed by atoms with Crippen LogP contribution in [0.15, 0.2) is 18.2 Å². The summed E-state index contributed by atoms with van der Waals surface area (Å²) < 4.78 is 5.74. The number of benzene rings is 1. The Balaban J connectivity index is 2.41. The molecular formula is C15H22O2. The smallest absolute Gasteiger partial charge is 0.125 e. The molecule has 0 aliphatic heterocycles. The number of carbonyl (C=O) groups is 1. The summed E-state index contributed by atoms with van der Waals surface area (Å²) in [5, 5.41) is 0. The minimum Gasteiger partial charge on any atom is -0.493 e. The molecule has 17 heavy (non-hydrogen) atoms. The maximum atomic E-state index is 10.7. The van der Waals surface area contributed by atoms with Crippen molar-refractivity contribution >= 4 is 6.29 Å². The number of aldehydes is 1. The van der Waals surface area contributed by atoms with E-state index in [0.29, 0.717) is 6.61 Å². The lowest BCUT2D eigenvalue weighted by molar-refractivity contribution is -0.115. The molecular weight excluding hydrogens is 212 g/mol. The molecule has 1 aromatic rings. The van der Waals surface area contributed by atoms with E-state index >= 15 is 0 Å². The standard InChI is InChI=1S/C15H22O2/c1-12-6-7-13(2)14(10-12)17-9-5-8-15(3,4)11-16/h6-7,10-11H,5,8-9H2,1-4H3. The first-order chi connectivity index (χ1) is 7.94. The second-order valence-electron chi connectivity index (χ2n) is 5.33. The van der Waals surface area contributed by atoms with Gasteiger partial charge in [0, 0.05) is 5.41 Å². The van der Waals surface area contributed by atoms with Crippen molar-refractivity contribution in [2.24, 2.45) is 5.41 Å². The Labute approximate surface area is 104 Å². The van der Waals surface area contributed by atoms with E-state index in [2.05, 4.69) is 25.1 Å². The highest BCUT2D eigenvalue weighted by Gasteiger charge is 2.15. The first-order valence-electron chi connectivity index (χ1n) is 6.11. The lowest BCUT2D eigenvalue weighted by atomic mass is 9.90. The lowest BCUT2D eigenvalue weighted by Gasteiger charge is -2.16. The summed E-state index contributed by atoms with van der Waals surface area (Å²) in [4.78, 5) is 10.7. The highest BCUT2D eigenvalue weighted by molar-refractivity contribution is 5.57. The lowest BCUT2D eigenvalue weighted by Crippen LogP contribution is -2.14. The van der Waals surface area contributed by atoms with Crippen LogP contribution in [-0.2, 0) is 4.79 Å². The minimum atomic E-state index is -0.231. The van der Waals surface area contributed by atoms with Crippen molar-refractivity contribution in [2.75, 3.05) is 6.61 Å². The third-order valence-corrected chi connectivity index (χ3v) is 2.89. The molecule has 0 N–H and O–H groups in total. The van der Waals surface area contributed by atoms with Gasteiger partial charge in [-0.2, -0.15) is 0 Å². The normalized spacial score (nSPS) is 11.3. The highest BCUT2D eigenvalue weighted by Crippen LogP contribution is 2.21. The average molecular weight is 234 g/mol. The molecule has 0 fully saturated rings. The van der Waals surface area contributed by atoms with E-state index in [-0.39, 0.29) is 5.41 Å². The SMILES string of the molecule is Cc1ccc(C)c(OCCCC(C)(C)C=O)c1. The van der Waals surface area contributed by atoms with Gasteiger partial charge in [0.25, 0.3) is 0 Å². The molecule has 0 amide bonds. The third kappa shape index (κ3) is 4.59. The fraction of sp³-hybridized carbons (Fsp3) is 0.533. The third-order valence-electron chi connectivity index (χ3n) is 2.89. The van der Waals surface area contributed by atoms with Crippen molar-refractivity contribution in [3.8, 4) is 5.75 Å². The molecule has 0 atom stereocenters. The van der Waals surface area contributed by atoms with E-state index in [1.807, 2.05) is 20.8 Å². The first-order valence-corrected chi connectivity index (χ1v) is 6.11. The molecule has 0 aromatic heterocycles. The van der Waals surface area contributed by atoms with Crippen LogP contribution in [0, 0.1) is 19.3 Å². The summed E-state index contributed by atoms with van der Waals surface area (Å²) >= 11 is 0. The Morgan fingerprint density at radius 3 is 2.65 bits per heavy atom.